The molecule has 3 rings (SSSR count). The maximum atomic E-state index is 11.4. The molecule has 2 fully saturated rings. The van der Waals surface area contributed by atoms with Crippen molar-refractivity contribution in [1.82, 2.24) is 14.7 Å². The minimum atomic E-state index is -0.938. The number of hydrogen-bond acceptors (Lipinski definition) is 5. The van der Waals surface area contributed by atoms with Crippen molar-refractivity contribution in [2.24, 2.45) is 5.92 Å². The van der Waals surface area contributed by atoms with Crippen LogP contribution in [0.5, 0.6) is 5.75 Å². The van der Waals surface area contributed by atoms with E-state index in [0.717, 1.165) is 44.2 Å². The molecule has 26 heavy (non-hydrogen) atoms. The predicted molar refractivity (Wildman–Crippen MR) is 102 cm³/mol. The van der Waals surface area contributed by atoms with Gasteiger partial charge in [0.05, 0.1) is 7.11 Å². The van der Waals surface area contributed by atoms with Crippen LogP contribution in [0, 0.1) is 5.92 Å². The van der Waals surface area contributed by atoms with Crippen LogP contribution in [0.3, 0.4) is 0 Å². The first-order valence-electron chi connectivity index (χ1n) is 9.58. The molecule has 0 amide bonds. The number of hydrogen-bond donors (Lipinski definition) is 1. The number of likely N-dealkylation sites (tertiary alicyclic amines) is 1. The molecule has 1 aromatic rings. The van der Waals surface area contributed by atoms with Gasteiger partial charge in [0, 0.05) is 39.3 Å². The fraction of sp³-hybridized carbons (Fsp3) is 0.650. The first-order valence-corrected chi connectivity index (χ1v) is 9.58. The highest BCUT2D eigenvalue weighted by atomic mass is 16.5. The van der Waals surface area contributed by atoms with Crippen molar-refractivity contribution in [3.63, 3.8) is 0 Å². The first kappa shape index (κ1) is 19.1. The normalized spacial score (nSPS) is 21.0. The molecule has 0 spiro atoms. The second kappa shape index (κ2) is 8.84. The first-order chi connectivity index (χ1) is 12.5. The average Bonchev–Trinajstić information content (AvgIpc) is 2.65. The Bertz CT molecular complexity index is 606. The van der Waals surface area contributed by atoms with Crippen LogP contribution in [-0.4, -0.2) is 85.7 Å². The van der Waals surface area contributed by atoms with E-state index in [0.29, 0.717) is 5.75 Å². The summed E-state index contributed by atoms with van der Waals surface area (Å²) in [7, 11) is 3.72. The Morgan fingerprint density at radius 1 is 1.12 bits per heavy atom. The van der Waals surface area contributed by atoms with Crippen LogP contribution in [0.4, 0.5) is 0 Å². The van der Waals surface area contributed by atoms with E-state index in [1.54, 1.807) is 12.1 Å². The molecule has 0 aromatic heterocycles. The van der Waals surface area contributed by atoms with Crippen LogP contribution in [0.2, 0.25) is 0 Å². The molecule has 144 valence electrons. The maximum Gasteiger partial charge on any atom is 0.339 e. The molecule has 6 nitrogen and oxygen atoms in total. The maximum absolute atomic E-state index is 11.4. The smallest absolute Gasteiger partial charge is 0.339 e. The number of carboxylic acids is 1. The van der Waals surface area contributed by atoms with Gasteiger partial charge in [-0.2, -0.15) is 0 Å². The van der Waals surface area contributed by atoms with Crippen molar-refractivity contribution in [2.75, 3.05) is 60.0 Å². The third-order valence-electron chi connectivity index (χ3n) is 5.72. The SMILES string of the molecule is COc1ccc(CN2CCN(CC3CCN(C)CC3)CC2)cc1C(=O)O. The number of ether oxygens (including phenoxy) is 1. The highest BCUT2D eigenvalue weighted by Crippen LogP contribution is 2.22. The number of piperidine rings is 1. The lowest BCUT2D eigenvalue weighted by Crippen LogP contribution is -2.48. The average molecular weight is 361 g/mol. The molecule has 6 heteroatoms. The molecule has 0 unspecified atom stereocenters. The summed E-state index contributed by atoms with van der Waals surface area (Å²) in [5.74, 6) is 0.327. The Kier molecular flexibility index (Phi) is 6.51. The second-order valence-electron chi connectivity index (χ2n) is 7.66. The summed E-state index contributed by atoms with van der Waals surface area (Å²) >= 11 is 0. The van der Waals surface area contributed by atoms with Crippen LogP contribution in [0.1, 0.15) is 28.8 Å². The highest BCUT2D eigenvalue weighted by molar-refractivity contribution is 5.91. The third kappa shape index (κ3) is 4.96. The lowest BCUT2D eigenvalue weighted by molar-refractivity contribution is 0.0693. The van der Waals surface area contributed by atoms with Crippen LogP contribution < -0.4 is 4.74 Å². The van der Waals surface area contributed by atoms with Crippen molar-refractivity contribution >= 4 is 5.97 Å². The summed E-state index contributed by atoms with van der Waals surface area (Å²) in [6, 6.07) is 5.47. The summed E-state index contributed by atoms with van der Waals surface area (Å²) in [4.78, 5) is 18.8. The fourth-order valence-corrected chi connectivity index (χ4v) is 4.02. The Morgan fingerprint density at radius 3 is 2.38 bits per heavy atom. The summed E-state index contributed by atoms with van der Waals surface area (Å²) < 4.78 is 5.14. The topological polar surface area (TPSA) is 56.2 Å². The van der Waals surface area contributed by atoms with Gasteiger partial charge in [0.1, 0.15) is 11.3 Å². The third-order valence-corrected chi connectivity index (χ3v) is 5.72. The largest absolute Gasteiger partial charge is 0.496 e. The van der Waals surface area contributed by atoms with Gasteiger partial charge in [0.2, 0.25) is 0 Å². The van der Waals surface area contributed by atoms with Crippen molar-refractivity contribution < 1.29 is 14.6 Å². The molecule has 1 aromatic carbocycles. The van der Waals surface area contributed by atoms with Crippen LogP contribution >= 0.6 is 0 Å². The lowest BCUT2D eigenvalue weighted by Gasteiger charge is -2.38. The summed E-state index contributed by atoms with van der Waals surface area (Å²) in [5, 5.41) is 9.33. The standard InChI is InChI=1S/C20H31N3O3/c1-21-7-5-16(6-8-21)14-22-9-11-23(12-10-22)15-17-3-4-19(26-2)18(13-17)20(24)25/h3-4,13,16H,5-12,14-15H2,1-2H3,(H,24,25). The van der Waals surface area contributed by atoms with Gasteiger partial charge in [-0.15, -0.1) is 0 Å². The molecule has 2 aliphatic rings. The van der Waals surface area contributed by atoms with Gasteiger partial charge in [0.15, 0.2) is 0 Å². The fourth-order valence-electron chi connectivity index (χ4n) is 4.02. The van der Waals surface area contributed by atoms with Crippen LogP contribution in [0.15, 0.2) is 18.2 Å². The van der Waals surface area contributed by atoms with E-state index in [2.05, 4.69) is 21.7 Å². The lowest BCUT2D eigenvalue weighted by atomic mass is 9.96. The Hall–Kier alpha value is -1.63. The Morgan fingerprint density at radius 2 is 1.77 bits per heavy atom. The summed E-state index contributed by atoms with van der Waals surface area (Å²) in [5.41, 5.74) is 1.28. The van der Waals surface area contributed by atoms with Gasteiger partial charge >= 0.3 is 5.97 Å². The number of carboxylic acid groups (broad SMARTS) is 1. The van der Waals surface area contributed by atoms with E-state index >= 15 is 0 Å². The van der Waals surface area contributed by atoms with E-state index in [-0.39, 0.29) is 5.56 Å². The van der Waals surface area contributed by atoms with Crippen molar-refractivity contribution in [2.45, 2.75) is 19.4 Å². The molecule has 2 heterocycles. The van der Waals surface area contributed by atoms with Gasteiger partial charge in [-0.25, -0.2) is 4.79 Å². The summed E-state index contributed by atoms with van der Waals surface area (Å²) in [6.07, 6.45) is 2.64. The molecule has 0 bridgehead atoms. The zero-order valence-electron chi connectivity index (χ0n) is 16.0. The van der Waals surface area contributed by atoms with Gasteiger partial charge in [0.25, 0.3) is 0 Å². The Balaban J connectivity index is 1.48. The number of nitrogens with zero attached hydrogens (tertiary/aromatic N) is 3. The quantitative estimate of drug-likeness (QED) is 0.835. The minimum absolute atomic E-state index is 0.242. The van der Waals surface area contributed by atoms with Gasteiger partial charge in [-0.05, 0) is 56.6 Å². The zero-order valence-corrected chi connectivity index (χ0v) is 16.0. The highest BCUT2D eigenvalue weighted by Gasteiger charge is 2.23. The predicted octanol–water partition coefficient (Wildman–Crippen LogP) is 1.85. The molecule has 0 atom stereocenters. The van der Waals surface area contributed by atoms with Gasteiger partial charge < -0.3 is 19.6 Å². The molecular weight excluding hydrogens is 330 g/mol. The number of carbonyl (C=O) groups is 1. The molecule has 0 saturated carbocycles. The van der Waals surface area contributed by atoms with E-state index in [1.807, 2.05) is 6.07 Å². The van der Waals surface area contributed by atoms with E-state index in [4.69, 9.17) is 4.74 Å². The summed E-state index contributed by atoms with van der Waals surface area (Å²) in [6.45, 7) is 8.78. The van der Waals surface area contributed by atoms with Crippen molar-refractivity contribution in [3.8, 4) is 5.75 Å². The number of piperazine rings is 1. The van der Waals surface area contributed by atoms with Crippen LogP contribution in [-0.2, 0) is 6.54 Å². The molecule has 0 aliphatic carbocycles. The number of aromatic carboxylic acids is 1. The molecule has 2 aliphatic heterocycles. The monoisotopic (exact) mass is 361 g/mol. The van der Waals surface area contributed by atoms with Crippen molar-refractivity contribution in [3.05, 3.63) is 29.3 Å². The number of methoxy groups -OCH3 is 1. The molecule has 2 saturated heterocycles. The van der Waals surface area contributed by atoms with E-state index in [1.165, 1.54) is 39.6 Å². The Labute approximate surface area is 156 Å². The van der Waals surface area contributed by atoms with Gasteiger partial charge in [-0.3, -0.25) is 4.90 Å². The second-order valence-corrected chi connectivity index (χ2v) is 7.66. The number of benzene rings is 1. The molecule has 0 radical (unpaired) electrons. The van der Waals surface area contributed by atoms with Crippen LogP contribution in [0.25, 0.3) is 0 Å². The molecule has 1 N–H and O–H groups in total. The van der Waals surface area contributed by atoms with Crippen molar-refractivity contribution in [1.29, 1.82) is 0 Å². The number of rotatable bonds is 6. The van der Waals surface area contributed by atoms with E-state index in [9.17, 15) is 9.90 Å². The minimum Gasteiger partial charge on any atom is -0.496 e. The van der Waals surface area contributed by atoms with E-state index < -0.39 is 5.97 Å². The molecular formula is C20H31N3O3. The van der Waals surface area contributed by atoms with Gasteiger partial charge in [-0.1, -0.05) is 6.07 Å². The zero-order chi connectivity index (χ0) is 18.5.